The molecule has 1 heterocycles. The highest BCUT2D eigenvalue weighted by atomic mass is 35.5. The van der Waals surface area contributed by atoms with Gasteiger partial charge in [-0.15, -0.1) is 12.4 Å². The second-order valence-corrected chi connectivity index (χ2v) is 4.85. The fourth-order valence-corrected chi connectivity index (χ4v) is 2.13. The summed E-state index contributed by atoms with van der Waals surface area (Å²) in [4.78, 5) is 11.9. The standard InChI is InChI=1S/C15H20N4O.ClH/c1-11-10-12(2)19(18-11)9-5-8-17-15(20)13-6-3-4-7-14(13)16;/h3-4,6-7,10H,5,8-9,16H2,1-2H3,(H,17,20);1H. The van der Waals surface area contributed by atoms with Crippen LogP contribution in [0.15, 0.2) is 30.3 Å². The summed E-state index contributed by atoms with van der Waals surface area (Å²) in [5, 5.41) is 7.26. The molecule has 21 heavy (non-hydrogen) atoms. The molecule has 1 aromatic heterocycles. The van der Waals surface area contributed by atoms with Crippen molar-refractivity contribution in [3.63, 3.8) is 0 Å². The van der Waals surface area contributed by atoms with E-state index in [2.05, 4.69) is 10.4 Å². The molecule has 0 aliphatic heterocycles. The Hall–Kier alpha value is -2.01. The van der Waals surface area contributed by atoms with Crippen LogP contribution in [0.3, 0.4) is 0 Å². The van der Waals surface area contributed by atoms with Gasteiger partial charge in [-0.05, 0) is 38.5 Å². The molecular formula is C15H21ClN4O. The summed E-state index contributed by atoms with van der Waals surface area (Å²) in [5.41, 5.74) is 8.95. The maximum Gasteiger partial charge on any atom is 0.253 e. The molecule has 2 rings (SSSR count). The summed E-state index contributed by atoms with van der Waals surface area (Å²) in [6, 6.07) is 9.12. The Morgan fingerprint density at radius 3 is 2.67 bits per heavy atom. The molecule has 0 aliphatic rings. The van der Waals surface area contributed by atoms with Gasteiger partial charge in [-0.25, -0.2) is 0 Å². The lowest BCUT2D eigenvalue weighted by Gasteiger charge is -2.08. The van der Waals surface area contributed by atoms with Crippen LogP contribution in [-0.4, -0.2) is 22.2 Å². The third kappa shape index (κ3) is 4.49. The van der Waals surface area contributed by atoms with Crippen molar-refractivity contribution in [2.45, 2.75) is 26.8 Å². The number of aromatic nitrogens is 2. The third-order valence-electron chi connectivity index (χ3n) is 3.14. The highest BCUT2D eigenvalue weighted by Gasteiger charge is 2.07. The lowest BCUT2D eigenvalue weighted by molar-refractivity contribution is 0.0953. The van der Waals surface area contributed by atoms with Crippen LogP contribution in [0, 0.1) is 13.8 Å². The monoisotopic (exact) mass is 308 g/mol. The number of para-hydroxylation sites is 1. The largest absolute Gasteiger partial charge is 0.398 e. The quantitative estimate of drug-likeness (QED) is 0.657. The van der Waals surface area contributed by atoms with Gasteiger partial charge < -0.3 is 11.1 Å². The molecule has 0 aliphatic carbocycles. The van der Waals surface area contributed by atoms with E-state index < -0.39 is 0 Å². The van der Waals surface area contributed by atoms with Crippen molar-refractivity contribution in [3.8, 4) is 0 Å². The number of carbonyl (C=O) groups is 1. The first-order chi connectivity index (χ1) is 9.58. The summed E-state index contributed by atoms with van der Waals surface area (Å²) >= 11 is 0. The average molecular weight is 309 g/mol. The van der Waals surface area contributed by atoms with Gasteiger partial charge in [0.2, 0.25) is 0 Å². The van der Waals surface area contributed by atoms with Crippen LogP contribution in [0.4, 0.5) is 5.69 Å². The van der Waals surface area contributed by atoms with Crippen LogP contribution in [0.25, 0.3) is 0 Å². The number of benzene rings is 1. The number of hydrogen-bond donors (Lipinski definition) is 2. The van der Waals surface area contributed by atoms with Gasteiger partial charge in [0.1, 0.15) is 0 Å². The molecule has 0 saturated heterocycles. The number of carbonyl (C=O) groups excluding carboxylic acids is 1. The number of halogens is 1. The fraction of sp³-hybridized carbons (Fsp3) is 0.333. The molecule has 0 radical (unpaired) electrons. The van der Waals surface area contributed by atoms with Gasteiger partial charge in [0, 0.05) is 24.5 Å². The summed E-state index contributed by atoms with van der Waals surface area (Å²) in [6.45, 7) is 5.41. The topological polar surface area (TPSA) is 72.9 Å². The summed E-state index contributed by atoms with van der Waals surface area (Å²) in [7, 11) is 0. The predicted molar refractivity (Wildman–Crippen MR) is 86.8 cm³/mol. The van der Waals surface area contributed by atoms with Crippen molar-refractivity contribution in [1.29, 1.82) is 0 Å². The summed E-state index contributed by atoms with van der Waals surface area (Å²) in [6.07, 6.45) is 0.834. The third-order valence-corrected chi connectivity index (χ3v) is 3.14. The zero-order valence-electron chi connectivity index (χ0n) is 12.3. The first-order valence-corrected chi connectivity index (χ1v) is 6.71. The molecule has 5 nitrogen and oxygen atoms in total. The zero-order chi connectivity index (χ0) is 14.5. The Labute approximate surface area is 130 Å². The van der Waals surface area contributed by atoms with Crippen molar-refractivity contribution in [3.05, 3.63) is 47.3 Å². The first kappa shape index (κ1) is 17.0. The van der Waals surface area contributed by atoms with E-state index in [1.165, 1.54) is 0 Å². The molecule has 3 N–H and O–H groups in total. The number of nitrogens with two attached hydrogens (primary N) is 1. The van der Waals surface area contributed by atoms with E-state index in [4.69, 9.17) is 5.73 Å². The Balaban J connectivity index is 0.00000220. The Morgan fingerprint density at radius 1 is 1.33 bits per heavy atom. The van der Waals surface area contributed by atoms with E-state index in [1.54, 1.807) is 18.2 Å². The van der Waals surface area contributed by atoms with Crippen molar-refractivity contribution < 1.29 is 4.79 Å². The van der Waals surface area contributed by atoms with Crippen LogP contribution < -0.4 is 11.1 Å². The van der Waals surface area contributed by atoms with Crippen molar-refractivity contribution in [2.75, 3.05) is 12.3 Å². The maximum atomic E-state index is 11.9. The molecule has 0 fully saturated rings. The van der Waals surface area contributed by atoms with Crippen molar-refractivity contribution >= 4 is 24.0 Å². The van der Waals surface area contributed by atoms with E-state index in [0.717, 1.165) is 24.4 Å². The number of nitrogen functional groups attached to an aromatic ring is 1. The van der Waals surface area contributed by atoms with Gasteiger partial charge in [0.25, 0.3) is 5.91 Å². The molecule has 0 unspecified atom stereocenters. The Bertz CT molecular complexity index is 609. The maximum absolute atomic E-state index is 11.9. The minimum Gasteiger partial charge on any atom is -0.398 e. The summed E-state index contributed by atoms with van der Waals surface area (Å²) in [5.74, 6) is -0.128. The number of anilines is 1. The average Bonchev–Trinajstić information content (AvgIpc) is 2.73. The van der Waals surface area contributed by atoms with Gasteiger partial charge in [-0.3, -0.25) is 9.48 Å². The summed E-state index contributed by atoms with van der Waals surface area (Å²) < 4.78 is 1.96. The van der Waals surface area contributed by atoms with Gasteiger partial charge in [-0.1, -0.05) is 12.1 Å². The van der Waals surface area contributed by atoms with Crippen LogP contribution in [-0.2, 0) is 6.54 Å². The molecule has 0 bridgehead atoms. The minimum absolute atomic E-state index is 0. The number of amides is 1. The van der Waals surface area contributed by atoms with Crippen molar-refractivity contribution in [2.24, 2.45) is 0 Å². The van der Waals surface area contributed by atoms with E-state index in [-0.39, 0.29) is 18.3 Å². The Kier molecular flexibility index (Phi) is 6.24. The molecule has 6 heteroatoms. The molecule has 1 amide bonds. The lowest BCUT2D eigenvalue weighted by Crippen LogP contribution is -2.26. The van der Waals surface area contributed by atoms with Gasteiger partial charge in [-0.2, -0.15) is 5.10 Å². The molecule has 0 atom stereocenters. The number of nitrogens with one attached hydrogen (secondary N) is 1. The SMILES string of the molecule is Cc1cc(C)n(CCCNC(=O)c2ccccc2N)n1.Cl. The van der Waals surface area contributed by atoms with Crippen LogP contribution in [0.2, 0.25) is 0 Å². The molecule has 2 aromatic rings. The van der Waals surface area contributed by atoms with E-state index in [0.29, 0.717) is 17.8 Å². The Morgan fingerprint density at radius 2 is 2.05 bits per heavy atom. The second-order valence-electron chi connectivity index (χ2n) is 4.85. The number of hydrogen-bond acceptors (Lipinski definition) is 3. The van der Waals surface area contributed by atoms with Gasteiger partial charge >= 0.3 is 0 Å². The van der Waals surface area contributed by atoms with Crippen LogP contribution in [0.1, 0.15) is 28.2 Å². The highest BCUT2D eigenvalue weighted by Crippen LogP contribution is 2.09. The fourth-order valence-electron chi connectivity index (χ4n) is 2.13. The zero-order valence-corrected chi connectivity index (χ0v) is 13.1. The predicted octanol–water partition coefficient (Wildman–Crippen LogP) is 2.32. The first-order valence-electron chi connectivity index (χ1n) is 6.71. The molecule has 0 saturated carbocycles. The molecule has 0 spiro atoms. The highest BCUT2D eigenvalue weighted by molar-refractivity contribution is 5.98. The van der Waals surface area contributed by atoms with E-state index in [1.807, 2.05) is 30.7 Å². The molecule has 114 valence electrons. The minimum atomic E-state index is -0.128. The van der Waals surface area contributed by atoms with Crippen molar-refractivity contribution in [1.82, 2.24) is 15.1 Å². The molecular weight excluding hydrogens is 288 g/mol. The van der Waals surface area contributed by atoms with E-state index in [9.17, 15) is 4.79 Å². The molecule has 1 aromatic carbocycles. The van der Waals surface area contributed by atoms with Crippen LogP contribution in [0.5, 0.6) is 0 Å². The second kappa shape index (κ2) is 7.69. The number of nitrogens with zero attached hydrogens (tertiary/aromatic N) is 2. The number of rotatable bonds is 5. The van der Waals surface area contributed by atoms with E-state index >= 15 is 0 Å². The van der Waals surface area contributed by atoms with Gasteiger partial charge in [0.05, 0.1) is 11.3 Å². The smallest absolute Gasteiger partial charge is 0.253 e. The number of aryl methyl sites for hydroxylation is 3. The normalized spacial score (nSPS) is 10.0. The van der Waals surface area contributed by atoms with Crippen LogP contribution >= 0.6 is 12.4 Å². The van der Waals surface area contributed by atoms with Gasteiger partial charge in [0.15, 0.2) is 0 Å². The lowest BCUT2D eigenvalue weighted by atomic mass is 10.1.